The summed E-state index contributed by atoms with van der Waals surface area (Å²) < 4.78 is 4.52. The van der Waals surface area contributed by atoms with E-state index in [1.54, 1.807) is 0 Å². The molecule has 1 saturated heterocycles. The Labute approximate surface area is 84.3 Å². The number of rotatable bonds is 1. The molecule has 1 aliphatic rings. The van der Waals surface area contributed by atoms with E-state index in [9.17, 15) is 0 Å². The van der Waals surface area contributed by atoms with Crippen molar-refractivity contribution in [3.8, 4) is 0 Å². The van der Waals surface area contributed by atoms with Crippen molar-refractivity contribution in [1.82, 2.24) is 9.59 Å². The summed E-state index contributed by atoms with van der Waals surface area (Å²) in [7, 11) is 0. The van der Waals surface area contributed by atoms with Gasteiger partial charge in [-0.25, -0.2) is 0 Å². The molecule has 0 aliphatic carbocycles. The molecule has 6 heteroatoms. The minimum Gasteiger partial charge on any atom is -0.351 e. The normalized spacial score (nSPS) is 18.2. The number of anilines is 1. The Morgan fingerprint density at radius 1 is 1.33 bits per heavy atom. The number of nitrogens with zero attached hydrogens (tertiary/aromatic N) is 3. The minimum absolute atomic E-state index is 0.710. The maximum absolute atomic E-state index is 5.92. The van der Waals surface area contributed by atoms with Gasteiger partial charge in [-0.1, -0.05) is 16.1 Å². The van der Waals surface area contributed by atoms with E-state index < -0.39 is 0 Å². The van der Waals surface area contributed by atoms with E-state index in [1.165, 1.54) is 11.5 Å². The molecule has 0 unspecified atom stereocenters. The van der Waals surface area contributed by atoms with E-state index in [-0.39, 0.29) is 0 Å². The summed E-state index contributed by atoms with van der Waals surface area (Å²) in [6, 6.07) is 0. The number of hydrogen-bond acceptors (Lipinski definition) is 5. The van der Waals surface area contributed by atoms with Crippen LogP contribution in [-0.2, 0) is 0 Å². The van der Waals surface area contributed by atoms with Crippen LogP contribution in [0.2, 0.25) is 4.34 Å². The topological polar surface area (TPSA) is 29.0 Å². The van der Waals surface area contributed by atoms with Gasteiger partial charge in [0.05, 0.1) is 0 Å². The van der Waals surface area contributed by atoms with Crippen LogP contribution in [0, 0.1) is 0 Å². The van der Waals surface area contributed by atoms with Gasteiger partial charge < -0.3 is 4.90 Å². The Hall–Kier alpha value is -0.0000000000000000555. The van der Waals surface area contributed by atoms with Crippen LogP contribution in [0.1, 0.15) is 0 Å². The lowest BCUT2D eigenvalue weighted by Crippen LogP contribution is -2.32. The molecule has 0 saturated carbocycles. The van der Waals surface area contributed by atoms with Crippen molar-refractivity contribution < 1.29 is 0 Å². The summed E-state index contributed by atoms with van der Waals surface area (Å²) in [6.45, 7) is 2.08. The second-order valence-corrected chi connectivity index (χ2v) is 5.05. The van der Waals surface area contributed by atoms with Crippen LogP contribution in [-0.4, -0.2) is 34.2 Å². The number of hydrogen-bond donors (Lipinski definition) is 0. The van der Waals surface area contributed by atoms with Crippen molar-refractivity contribution in [3.63, 3.8) is 0 Å². The highest BCUT2D eigenvalue weighted by molar-refractivity contribution is 7.99. The quantitative estimate of drug-likeness (QED) is 0.723. The van der Waals surface area contributed by atoms with E-state index in [0.717, 1.165) is 30.4 Å². The fraction of sp³-hybridized carbons (Fsp3) is 0.667. The van der Waals surface area contributed by atoms with Gasteiger partial charge in [0.1, 0.15) is 0 Å². The Kier molecular flexibility index (Phi) is 2.73. The van der Waals surface area contributed by atoms with E-state index in [4.69, 9.17) is 11.6 Å². The third-order valence-electron chi connectivity index (χ3n) is 1.74. The summed E-state index contributed by atoms with van der Waals surface area (Å²) >= 11 is 9.14. The van der Waals surface area contributed by atoms with Crippen molar-refractivity contribution in [2.24, 2.45) is 0 Å². The Morgan fingerprint density at radius 3 is 2.67 bits per heavy atom. The third kappa shape index (κ3) is 1.67. The van der Waals surface area contributed by atoms with Gasteiger partial charge >= 0.3 is 0 Å². The molecule has 0 bridgehead atoms. The van der Waals surface area contributed by atoms with E-state index in [1.807, 2.05) is 11.8 Å². The molecule has 2 heterocycles. The van der Waals surface area contributed by atoms with Gasteiger partial charge in [0.25, 0.3) is 0 Å². The van der Waals surface area contributed by atoms with Crippen LogP contribution in [0.15, 0.2) is 0 Å². The summed E-state index contributed by atoms with van der Waals surface area (Å²) in [4.78, 5) is 2.20. The standard InChI is InChI=1S/C6H8ClN3S2/c7-5-6(8-9-12-5)10-1-3-11-4-2-10/h1-4H2. The second-order valence-electron chi connectivity index (χ2n) is 2.47. The van der Waals surface area contributed by atoms with E-state index >= 15 is 0 Å². The minimum atomic E-state index is 0.710. The van der Waals surface area contributed by atoms with E-state index in [2.05, 4.69) is 14.5 Å². The maximum Gasteiger partial charge on any atom is 0.183 e. The molecule has 66 valence electrons. The first kappa shape index (κ1) is 8.59. The Bertz CT molecular complexity index is 259. The average Bonchev–Trinajstić information content (AvgIpc) is 2.53. The molecule has 0 atom stereocenters. The molecule has 0 aromatic carbocycles. The summed E-state index contributed by atoms with van der Waals surface area (Å²) in [5.74, 6) is 3.18. The molecular formula is C6H8ClN3S2. The molecule has 0 amide bonds. The highest BCUT2D eigenvalue weighted by Gasteiger charge is 2.16. The Morgan fingerprint density at radius 2 is 2.08 bits per heavy atom. The molecule has 1 aromatic rings. The molecule has 0 radical (unpaired) electrons. The van der Waals surface area contributed by atoms with Crippen LogP contribution >= 0.6 is 34.9 Å². The van der Waals surface area contributed by atoms with Crippen LogP contribution in [0.3, 0.4) is 0 Å². The average molecular weight is 222 g/mol. The highest BCUT2D eigenvalue weighted by Crippen LogP contribution is 2.27. The maximum atomic E-state index is 5.92. The van der Waals surface area contributed by atoms with Crippen molar-refractivity contribution in [3.05, 3.63) is 4.34 Å². The van der Waals surface area contributed by atoms with Gasteiger partial charge in [0.15, 0.2) is 10.2 Å². The molecule has 0 spiro atoms. The van der Waals surface area contributed by atoms with Gasteiger partial charge in [-0.3, -0.25) is 0 Å². The lowest BCUT2D eigenvalue weighted by molar-refractivity contribution is 0.834. The predicted octanol–water partition coefficient (Wildman–Crippen LogP) is 1.74. The fourth-order valence-corrected chi connectivity index (χ4v) is 2.73. The van der Waals surface area contributed by atoms with Gasteiger partial charge in [0, 0.05) is 36.1 Å². The SMILES string of the molecule is Clc1snnc1N1CCSCC1. The zero-order valence-corrected chi connectivity index (χ0v) is 8.75. The molecule has 12 heavy (non-hydrogen) atoms. The van der Waals surface area contributed by atoms with Crippen molar-refractivity contribution in [2.45, 2.75) is 0 Å². The molecule has 1 aliphatic heterocycles. The fourth-order valence-electron chi connectivity index (χ4n) is 1.14. The number of thioether (sulfide) groups is 1. The van der Waals surface area contributed by atoms with Crippen molar-refractivity contribution >= 4 is 40.7 Å². The number of aromatic nitrogens is 2. The van der Waals surface area contributed by atoms with Crippen molar-refractivity contribution in [2.75, 3.05) is 29.5 Å². The molecule has 1 fully saturated rings. The van der Waals surface area contributed by atoms with Gasteiger partial charge in [0.2, 0.25) is 0 Å². The molecule has 2 rings (SSSR count). The molecule has 1 aromatic heterocycles. The van der Waals surface area contributed by atoms with Crippen LogP contribution in [0.25, 0.3) is 0 Å². The third-order valence-corrected chi connectivity index (χ3v) is 3.57. The predicted molar refractivity (Wildman–Crippen MR) is 54.5 cm³/mol. The van der Waals surface area contributed by atoms with Crippen LogP contribution in [0.5, 0.6) is 0 Å². The van der Waals surface area contributed by atoms with Gasteiger partial charge in [-0.05, 0) is 0 Å². The lowest BCUT2D eigenvalue weighted by Gasteiger charge is -2.25. The largest absolute Gasteiger partial charge is 0.351 e. The zero-order valence-electron chi connectivity index (χ0n) is 6.36. The Balaban J connectivity index is 2.13. The molecule has 3 nitrogen and oxygen atoms in total. The first-order valence-corrected chi connectivity index (χ1v) is 5.99. The van der Waals surface area contributed by atoms with Crippen LogP contribution < -0.4 is 4.90 Å². The first-order chi connectivity index (χ1) is 5.88. The van der Waals surface area contributed by atoms with Crippen LogP contribution in [0.4, 0.5) is 5.82 Å². The number of halogens is 1. The summed E-state index contributed by atoms with van der Waals surface area (Å²) in [6.07, 6.45) is 0. The highest BCUT2D eigenvalue weighted by atomic mass is 35.5. The zero-order chi connectivity index (χ0) is 8.39. The van der Waals surface area contributed by atoms with Gasteiger partial charge in [-0.15, -0.1) is 5.10 Å². The van der Waals surface area contributed by atoms with E-state index in [0.29, 0.717) is 4.34 Å². The summed E-state index contributed by atoms with van der Waals surface area (Å²) in [5.41, 5.74) is 0. The first-order valence-electron chi connectivity index (χ1n) is 3.68. The van der Waals surface area contributed by atoms with Crippen molar-refractivity contribution in [1.29, 1.82) is 0 Å². The molecular weight excluding hydrogens is 214 g/mol. The monoisotopic (exact) mass is 221 g/mol. The lowest BCUT2D eigenvalue weighted by atomic mass is 10.5. The second kappa shape index (κ2) is 3.81. The smallest absolute Gasteiger partial charge is 0.183 e. The summed E-state index contributed by atoms with van der Waals surface area (Å²) in [5, 5.41) is 3.99. The molecule has 0 N–H and O–H groups in total. The van der Waals surface area contributed by atoms with Gasteiger partial charge in [-0.2, -0.15) is 11.8 Å².